The van der Waals surface area contributed by atoms with Gasteiger partial charge < -0.3 is 9.64 Å². The van der Waals surface area contributed by atoms with Crippen LogP contribution in [0.4, 0.5) is 0 Å². The molecule has 0 aromatic carbocycles. The molecule has 0 saturated carbocycles. The van der Waals surface area contributed by atoms with Crippen LogP contribution in [0.2, 0.25) is 0 Å². The van der Waals surface area contributed by atoms with Gasteiger partial charge in [0.15, 0.2) is 0 Å². The predicted molar refractivity (Wildman–Crippen MR) is 84.1 cm³/mol. The molecule has 20 heavy (non-hydrogen) atoms. The van der Waals surface area contributed by atoms with Crippen molar-refractivity contribution in [2.45, 2.75) is 32.4 Å². The van der Waals surface area contributed by atoms with Crippen LogP contribution in [0, 0.1) is 5.92 Å². The van der Waals surface area contributed by atoms with Crippen LogP contribution in [-0.2, 0) is 17.8 Å². The van der Waals surface area contributed by atoms with Crippen LogP contribution in [0.1, 0.15) is 29.7 Å². The van der Waals surface area contributed by atoms with Crippen molar-refractivity contribution in [3.63, 3.8) is 0 Å². The second kappa shape index (κ2) is 7.03. The molecular weight excluding hydrogens is 268 g/mol. The first-order valence-corrected chi connectivity index (χ1v) is 8.72. The first-order valence-electron chi connectivity index (χ1n) is 7.84. The monoisotopic (exact) mass is 294 g/mol. The van der Waals surface area contributed by atoms with Crippen LogP contribution >= 0.6 is 11.3 Å². The van der Waals surface area contributed by atoms with E-state index in [2.05, 4.69) is 28.3 Å². The molecule has 112 valence electrons. The Balaban J connectivity index is 1.45. The highest BCUT2D eigenvalue weighted by atomic mass is 32.1. The zero-order valence-electron chi connectivity index (χ0n) is 12.5. The maximum atomic E-state index is 5.46. The summed E-state index contributed by atoms with van der Waals surface area (Å²) in [5.74, 6) is 0.740. The van der Waals surface area contributed by atoms with E-state index in [0.717, 1.165) is 32.2 Å². The molecule has 1 unspecified atom stereocenters. The summed E-state index contributed by atoms with van der Waals surface area (Å²) in [7, 11) is 2.23. The Hall–Kier alpha value is -0.420. The summed E-state index contributed by atoms with van der Waals surface area (Å²) >= 11 is 1.92. The van der Waals surface area contributed by atoms with Gasteiger partial charge in [0.2, 0.25) is 0 Å². The number of thiophene rings is 1. The molecule has 3 heterocycles. The van der Waals surface area contributed by atoms with Gasteiger partial charge in [-0.25, -0.2) is 0 Å². The topological polar surface area (TPSA) is 15.7 Å². The fourth-order valence-electron chi connectivity index (χ4n) is 3.29. The summed E-state index contributed by atoms with van der Waals surface area (Å²) in [6.45, 7) is 7.88. The second-order valence-electron chi connectivity index (χ2n) is 6.33. The fraction of sp³-hybridized carbons (Fsp3) is 0.750. The van der Waals surface area contributed by atoms with Gasteiger partial charge >= 0.3 is 0 Å². The minimum atomic E-state index is 0.740. The largest absolute Gasteiger partial charge is 0.381 e. The molecule has 0 radical (unpaired) electrons. The van der Waals surface area contributed by atoms with E-state index in [4.69, 9.17) is 4.74 Å². The van der Waals surface area contributed by atoms with Gasteiger partial charge in [0.1, 0.15) is 0 Å². The van der Waals surface area contributed by atoms with Crippen LogP contribution in [0.5, 0.6) is 0 Å². The number of rotatable bonds is 6. The van der Waals surface area contributed by atoms with Crippen molar-refractivity contribution in [3.05, 3.63) is 21.9 Å². The number of hydrogen-bond donors (Lipinski definition) is 0. The molecule has 3 rings (SSSR count). The van der Waals surface area contributed by atoms with Gasteiger partial charge in [-0.2, -0.15) is 0 Å². The summed E-state index contributed by atoms with van der Waals surface area (Å²) < 4.78 is 5.46. The Morgan fingerprint density at radius 1 is 1.40 bits per heavy atom. The van der Waals surface area contributed by atoms with Gasteiger partial charge in [0.05, 0.1) is 6.61 Å². The van der Waals surface area contributed by atoms with Gasteiger partial charge in [-0.3, -0.25) is 4.90 Å². The smallest absolute Gasteiger partial charge is 0.0507 e. The highest BCUT2D eigenvalue weighted by Crippen LogP contribution is 2.21. The van der Waals surface area contributed by atoms with Crippen molar-refractivity contribution < 1.29 is 4.74 Å². The maximum Gasteiger partial charge on any atom is 0.0507 e. The third-order valence-electron chi connectivity index (χ3n) is 4.33. The van der Waals surface area contributed by atoms with Crippen LogP contribution < -0.4 is 0 Å². The van der Waals surface area contributed by atoms with Crippen LogP contribution in [0.25, 0.3) is 0 Å². The Kier molecular flexibility index (Phi) is 5.10. The zero-order chi connectivity index (χ0) is 13.8. The lowest BCUT2D eigenvalue weighted by Crippen LogP contribution is -2.25. The Bertz CT molecular complexity index is 408. The predicted octanol–water partition coefficient (Wildman–Crippen LogP) is 2.81. The summed E-state index contributed by atoms with van der Waals surface area (Å²) in [5, 5.41) is 2.35. The lowest BCUT2D eigenvalue weighted by Gasteiger charge is -2.19. The van der Waals surface area contributed by atoms with E-state index < -0.39 is 0 Å². The molecule has 0 amide bonds. The normalized spacial score (nSPS) is 24.0. The van der Waals surface area contributed by atoms with Crippen molar-refractivity contribution in [3.8, 4) is 0 Å². The number of ether oxygens (including phenoxy) is 1. The Morgan fingerprint density at radius 2 is 2.25 bits per heavy atom. The third-order valence-corrected chi connectivity index (χ3v) is 5.30. The van der Waals surface area contributed by atoms with Crippen molar-refractivity contribution in [1.29, 1.82) is 0 Å². The highest BCUT2D eigenvalue weighted by Gasteiger charge is 2.18. The first kappa shape index (κ1) is 14.5. The average Bonchev–Trinajstić information content (AvgIpc) is 3.12. The first-order chi connectivity index (χ1) is 9.79. The van der Waals surface area contributed by atoms with E-state index in [9.17, 15) is 0 Å². The van der Waals surface area contributed by atoms with E-state index in [0.29, 0.717) is 0 Å². The van der Waals surface area contributed by atoms with Gasteiger partial charge in [0.25, 0.3) is 0 Å². The molecule has 2 saturated heterocycles. The second-order valence-corrected chi connectivity index (χ2v) is 7.33. The average molecular weight is 294 g/mol. The number of nitrogens with zero attached hydrogens (tertiary/aromatic N) is 2. The quantitative estimate of drug-likeness (QED) is 0.802. The summed E-state index contributed by atoms with van der Waals surface area (Å²) in [6.07, 6.45) is 3.99. The standard InChI is InChI=1S/C16H26N2OS/c1-17(9-14-4-7-19-12-14)11-16-8-15(13-20-16)10-18-5-2-3-6-18/h8,13-14H,2-7,9-12H2,1H3. The number of likely N-dealkylation sites (tertiary alicyclic amines) is 1. The van der Waals surface area contributed by atoms with Crippen LogP contribution in [0.15, 0.2) is 11.4 Å². The van der Waals surface area contributed by atoms with E-state index in [-0.39, 0.29) is 0 Å². The third kappa shape index (κ3) is 4.04. The molecule has 1 aromatic rings. The zero-order valence-corrected chi connectivity index (χ0v) is 13.3. The van der Waals surface area contributed by atoms with Gasteiger partial charge in [0, 0.05) is 31.1 Å². The Morgan fingerprint density at radius 3 is 3.00 bits per heavy atom. The maximum absolute atomic E-state index is 5.46. The van der Waals surface area contributed by atoms with Crippen molar-refractivity contribution in [2.75, 3.05) is 39.9 Å². The molecule has 1 atom stereocenters. The fourth-order valence-corrected chi connectivity index (χ4v) is 4.25. The number of hydrogen-bond acceptors (Lipinski definition) is 4. The molecule has 2 aliphatic rings. The summed E-state index contributed by atoms with van der Waals surface area (Å²) in [6, 6.07) is 2.41. The molecule has 0 N–H and O–H groups in total. The van der Waals surface area contributed by atoms with Gasteiger partial charge in [-0.05, 0) is 62.3 Å². The van der Waals surface area contributed by atoms with E-state index in [1.807, 2.05) is 11.3 Å². The minimum absolute atomic E-state index is 0.740. The summed E-state index contributed by atoms with van der Waals surface area (Å²) in [4.78, 5) is 6.52. The molecule has 0 bridgehead atoms. The van der Waals surface area contributed by atoms with Gasteiger partial charge in [-0.1, -0.05) is 0 Å². The SMILES string of the molecule is CN(Cc1cc(CN2CCCC2)cs1)CC1CCOC1. The highest BCUT2D eigenvalue weighted by molar-refractivity contribution is 7.10. The molecule has 4 heteroatoms. The minimum Gasteiger partial charge on any atom is -0.381 e. The van der Waals surface area contributed by atoms with E-state index >= 15 is 0 Å². The molecule has 3 nitrogen and oxygen atoms in total. The summed E-state index contributed by atoms with van der Waals surface area (Å²) in [5.41, 5.74) is 1.50. The lowest BCUT2D eigenvalue weighted by atomic mass is 10.1. The van der Waals surface area contributed by atoms with Gasteiger partial charge in [-0.15, -0.1) is 11.3 Å². The molecule has 0 aliphatic carbocycles. The molecule has 2 aliphatic heterocycles. The van der Waals surface area contributed by atoms with Crippen molar-refractivity contribution >= 4 is 11.3 Å². The van der Waals surface area contributed by atoms with Crippen molar-refractivity contribution in [1.82, 2.24) is 9.80 Å². The van der Waals surface area contributed by atoms with Crippen LogP contribution in [0.3, 0.4) is 0 Å². The van der Waals surface area contributed by atoms with Crippen LogP contribution in [-0.4, -0.2) is 49.7 Å². The van der Waals surface area contributed by atoms with E-state index in [1.54, 1.807) is 0 Å². The molecule has 1 aromatic heterocycles. The van der Waals surface area contributed by atoms with Crippen molar-refractivity contribution in [2.24, 2.45) is 5.92 Å². The molecule has 0 spiro atoms. The molecule has 2 fully saturated rings. The Labute approximate surface area is 126 Å². The molecular formula is C16H26N2OS. The van der Waals surface area contributed by atoms with E-state index in [1.165, 1.54) is 49.3 Å². The lowest BCUT2D eigenvalue weighted by molar-refractivity contribution is 0.173.